The van der Waals surface area contributed by atoms with E-state index in [0.29, 0.717) is 35.1 Å². The lowest BCUT2D eigenvalue weighted by atomic mass is 10.2. The van der Waals surface area contributed by atoms with Gasteiger partial charge in [-0.1, -0.05) is 0 Å². The minimum absolute atomic E-state index is 0.0932. The van der Waals surface area contributed by atoms with Gasteiger partial charge in [-0.15, -0.1) is 0 Å². The number of ether oxygens (including phenoxy) is 1. The molecule has 0 aliphatic carbocycles. The van der Waals surface area contributed by atoms with E-state index in [-0.39, 0.29) is 12.5 Å². The van der Waals surface area contributed by atoms with Crippen LogP contribution in [0.2, 0.25) is 0 Å². The summed E-state index contributed by atoms with van der Waals surface area (Å²) in [5.41, 5.74) is 6.81. The lowest BCUT2D eigenvalue weighted by Gasteiger charge is -2.10. The van der Waals surface area contributed by atoms with Crippen molar-refractivity contribution in [3.05, 3.63) is 18.2 Å². The van der Waals surface area contributed by atoms with E-state index in [0.717, 1.165) is 0 Å². The van der Waals surface area contributed by atoms with Gasteiger partial charge in [0, 0.05) is 23.6 Å². The van der Waals surface area contributed by atoms with Gasteiger partial charge in [-0.3, -0.25) is 4.79 Å². The quantitative estimate of drug-likeness (QED) is 0.514. The van der Waals surface area contributed by atoms with Gasteiger partial charge >= 0.3 is 0 Å². The number of carbonyl (C=O) groups excluding carboxylic acids is 1. The first-order valence-corrected chi connectivity index (χ1v) is 6.75. The van der Waals surface area contributed by atoms with Crippen LogP contribution in [0.15, 0.2) is 18.2 Å². The van der Waals surface area contributed by atoms with Crippen molar-refractivity contribution < 1.29 is 14.6 Å². The number of carbonyl (C=O) groups is 1. The van der Waals surface area contributed by atoms with Crippen molar-refractivity contribution >= 4 is 29.0 Å². The molecule has 0 aliphatic heterocycles. The topological polar surface area (TPSA) is 84.6 Å². The molecule has 1 rings (SSSR count). The molecule has 0 aromatic heterocycles. The Hall–Kier alpha value is -1.40. The van der Waals surface area contributed by atoms with Gasteiger partial charge in [-0.2, -0.15) is 11.8 Å². The fourth-order valence-electron chi connectivity index (χ4n) is 1.37. The van der Waals surface area contributed by atoms with E-state index in [9.17, 15) is 4.79 Å². The molecule has 18 heavy (non-hydrogen) atoms. The molecule has 0 heterocycles. The van der Waals surface area contributed by atoms with Gasteiger partial charge in [-0.25, -0.2) is 0 Å². The zero-order valence-corrected chi connectivity index (χ0v) is 11.1. The summed E-state index contributed by atoms with van der Waals surface area (Å²) in [6.07, 6.45) is 0.391. The molecular formula is C12H18N2O3S. The average Bonchev–Trinajstić information content (AvgIpc) is 2.35. The highest BCUT2D eigenvalue weighted by atomic mass is 32.2. The number of rotatable bonds is 7. The van der Waals surface area contributed by atoms with Gasteiger partial charge in [0.25, 0.3) is 0 Å². The Morgan fingerprint density at radius 3 is 2.94 bits per heavy atom. The number of amides is 1. The molecule has 5 nitrogen and oxygen atoms in total. The number of nitrogen functional groups attached to an aromatic ring is 1. The molecule has 0 fully saturated rings. The number of benzene rings is 1. The first-order chi connectivity index (χ1) is 8.67. The van der Waals surface area contributed by atoms with Crippen LogP contribution in [0.1, 0.15) is 6.42 Å². The molecule has 100 valence electrons. The fourth-order valence-corrected chi connectivity index (χ4v) is 2.03. The minimum Gasteiger partial charge on any atom is -0.495 e. The Morgan fingerprint density at radius 2 is 2.28 bits per heavy atom. The maximum absolute atomic E-state index is 11.7. The van der Waals surface area contributed by atoms with Gasteiger partial charge in [-0.05, 0) is 18.2 Å². The highest BCUT2D eigenvalue weighted by Crippen LogP contribution is 2.26. The van der Waals surface area contributed by atoms with Crippen molar-refractivity contribution in [2.75, 3.05) is 36.3 Å². The summed E-state index contributed by atoms with van der Waals surface area (Å²) in [7, 11) is 1.54. The van der Waals surface area contributed by atoms with E-state index in [1.54, 1.807) is 18.2 Å². The SMILES string of the molecule is COc1ccc(N)cc1NC(=O)CCSCCO. The summed E-state index contributed by atoms with van der Waals surface area (Å²) in [6.45, 7) is 0.134. The second-order valence-corrected chi connectivity index (χ2v) is 4.82. The van der Waals surface area contributed by atoms with Crippen LogP contribution in [-0.2, 0) is 4.79 Å². The minimum atomic E-state index is -0.0932. The normalized spacial score (nSPS) is 10.1. The predicted octanol–water partition coefficient (Wildman–Crippen LogP) is 1.33. The number of nitrogens with two attached hydrogens (primary N) is 1. The van der Waals surface area contributed by atoms with Crippen molar-refractivity contribution in [3.63, 3.8) is 0 Å². The summed E-state index contributed by atoms with van der Waals surface area (Å²) in [5.74, 6) is 1.82. The Bertz CT molecular complexity index is 399. The third kappa shape index (κ3) is 4.85. The van der Waals surface area contributed by atoms with Crippen molar-refractivity contribution in [2.24, 2.45) is 0 Å². The number of hydrogen-bond donors (Lipinski definition) is 3. The van der Waals surface area contributed by atoms with E-state index in [4.69, 9.17) is 15.6 Å². The summed E-state index contributed by atoms with van der Waals surface area (Å²) in [6, 6.07) is 5.09. The third-order valence-electron chi connectivity index (χ3n) is 2.21. The number of hydrogen-bond acceptors (Lipinski definition) is 5. The van der Waals surface area contributed by atoms with Crippen LogP contribution >= 0.6 is 11.8 Å². The molecule has 0 saturated heterocycles. The molecular weight excluding hydrogens is 252 g/mol. The van der Waals surface area contributed by atoms with Crippen LogP contribution in [0, 0.1) is 0 Å². The zero-order valence-electron chi connectivity index (χ0n) is 10.3. The van der Waals surface area contributed by atoms with Crippen LogP contribution < -0.4 is 15.8 Å². The fraction of sp³-hybridized carbons (Fsp3) is 0.417. The number of aliphatic hydroxyl groups is 1. The van der Waals surface area contributed by atoms with Gasteiger partial charge in [0.05, 0.1) is 19.4 Å². The van der Waals surface area contributed by atoms with Gasteiger partial charge < -0.3 is 20.9 Å². The van der Waals surface area contributed by atoms with Gasteiger partial charge in [0.1, 0.15) is 5.75 Å². The number of aliphatic hydroxyl groups excluding tert-OH is 1. The van der Waals surface area contributed by atoms with Crippen LogP contribution in [0.25, 0.3) is 0 Å². The maximum Gasteiger partial charge on any atom is 0.225 e. The lowest BCUT2D eigenvalue weighted by Crippen LogP contribution is -2.13. The Balaban J connectivity index is 2.50. The van der Waals surface area contributed by atoms with Crippen molar-refractivity contribution in [1.29, 1.82) is 0 Å². The summed E-state index contributed by atoms with van der Waals surface area (Å²) in [4.78, 5) is 11.7. The van der Waals surface area contributed by atoms with Gasteiger partial charge in [0.2, 0.25) is 5.91 Å². The van der Waals surface area contributed by atoms with Crippen LogP contribution in [0.4, 0.5) is 11.4 Å². The van der Waals surface area contributed by atoms with Crippen LogP contribution in [0.3, 0.4) is 0 Å². The van der Waals surface area contributed by atoms with E-state index in [2.05, 4.69) is 5.32 Å². The maximum atomic E-state index is 11.7. The molecule has 0 spiro atoms. The molecule has 0 unspecified atom stereocenters. The Labute approximate surface area is 111 Å². The molecule has 6 heteroatoms. The number of methoxy groups -OCH3 is 1. The zero-order chi connectivity index (χ0) is 13.4. The molecule has 0 aliphatic rings. The predicted molar refractivity (Wildman–Crippen MR) is 75.1 cm³/mol. The molecule has 4 N–H and O–H groups in total. The highest BCUT2D eigenvalue weighted by molar-refractivity contribution is 7.99. The van der Waals surface area contributed by atoms with Crippen molar-refractivity contribution in [1.82, 2.24) is 0 Å². The highest BCUT2D eigenvalue weighted by Gasteiger charge is 2.07. The molecule has 0 atom stereocenters. The molecule has 0 bridgehead atoms. The number of nitrogens with one attached hydrogen (secondary N) is 1. The lowest BCUT2D eigenvalue weighted by molar-refractivity contribution is -0.115. The summed E-state index contributed by atoms with van der Waals surface area (Å²) < 4.78 is 5.14. The monoisotopic (exact) mass is 270 g/mol. The van der Waals surface area contributed by atoms with E-state index >= 15 is 0 Å². The van der Waals surface area contributed by atoms with Crippen LogP contribution in [-0.4, -0.2) is 36.2 Å². The van der Waals surface area contributed by atoms with E-state index in [1.807, 2.05) is 0 Å². The molecule has 1 aromatic rings. The molecule has 0 radical (unpaired) electrons. The summed E-state index contributed by atoms with van der Waals surface area (Å²) in [5, 5.41) is 11.4. The summed E-state index contributed by atoms with van der Waals surface area (Å²) >= 11 is 1.54. The number of thioether (sulfide) groups is 1. The van der Waals surface area contributed by atoms with Crippen molar-refractivity contribution in [3.8, 4) is 5.75 Å². The standard InChI is InChI=1S/C12H18N2O3S/c1-17-11-3-2-9(13)8-10(11)14-12(16)4-6-18-7-5-15/h2-3,8,15H,4-7,13H2,1H3,(H,14,16). The van der Waals surface area contributed by atoms with E-state index in [1.165, 1.54) is 18.9 Å². The Morgan fingerprint density at radius 1 is 1.50 bits per heavy atom. The van der Waals surface area contributed by atoms with Crippen molar-refractivity contribution in [2.45, 2.75) is 6.42 Å². The largest absolute Gasteiger partial charge is 0.495 e. The second-order valence-electron chi connectivity index (χ2n) is 3.59. The van der Waals surface area contributed by atoms with E-state index < -0.39 is 0 Å². The molecule has 1 aromatic carbocycles. The molecule has 1 amide bonds. The Kier molecular flexibility index (Phi) is 6.38. The molecule has 0 saturated carbocycles. The first-order valence-electron chi connectivity index (χ1n) is 5.59. The average molecular weight is 270 g/mol. The third-order valence-corrected chi connectivity index (χ3v) is 3.17. The number of anilines is 2. The first kappa shape index (κ1) is 14.7. The van der Waals surface area contributed by atoms with Gasteiger partial charge in [0.15, 0.2) is 0 Å². The smallest absolute Gasteiger partial charge is 0.225 e. The van der Waals surface area contributed by atoms with Crippen LogP contribution in [0.5, 0.6) is 5.75 Å². The second kappa shape index (κ2) is 7.84.